The van der Waals surface area contributed by atoms with Crippen molar-refractivity contribution in [1.29, 1.82) is 0 Å². The Morgan fingerprint density at radius 3 is 2.55 bits per heavy atom. The van der Waals surface area contributed by atoms with E-state index in [9.17, 15) is 18.8 Å². The van der Waals surface area contributed by atoms with Crippen LogP contribution >= 0.6 is 0 Å². The zero-order valence-corrected chi connectivity index (χ0v) is 21.1. The third-order valence-electron chi connectivity index (χ3n) is 6.33. The number of anilines is 3. The molecule has 0 atom stereocenters. The highest BCUT2D eigenvalue weighted by Gasteiger charge is 2.24. The van der Waals surface area contributed by atoms with Crippen LogP contribution in [0, 0.1) is 5.82 Å². The number of benzene rings is 3. The lowest BCUT2D eigenvalue weighted by atomic mass is 10.0. The smallest absolute Gasteiger partial charge is 0.256 e. The quantitative estimate of drug-likeness (QED) is 0.151. The first kappa shape index (κ1) is 26.6. The van der Waals surface area contributed by atoms with Crippen molar-refractivity contribution >= 4 is 46.4 Å². The first-order valence-electron chi connectivity index (χ1n) is 12.8. The van der Waals surface area contributed by atoms with Gasteiger partial charge >= 0.3 is 0 Å². The lowest BCUT2D eigenvalue weighted by Gasteiger charge is -2.08. The number of hydrogen-bond acceptors (Lipinski definition) is 4. The van der Waals surface area contributed by atoms with Crippen LogP contribution in [0.5, 0.6) is 0 Å². The van der Waals surface area contributed by atoms with Gasteiger partial charge in [-0.25, -0.2) is 4.39 Å². The number of halogens is 1. The molecule has 0 unspecified atom stereocenters. The van der Waals surface area contributed by atoms with E-state index in [4.69, 9.17) is 5.73 Å². The van der Waals surface area contributed by atoms with E-state index in [1.807, 2.05) is 12.1 Å². The predicted octanol–water partition coefficient (Wildman–Crippen LogP) is 5.61. The summed E-state index contributed by atoms with van der Waals surface area (Å²) < 4.78 is 13.7. The Bertz CT molecular complexity index is 1370. The zero-order valence-electron chi connectivity index (χ0n) is 21.1. The second kappa shape index (κ2) is 12.7. The van der Waals surface area contributed by atoms with Crippen molar-refractivity contribution in [1.82, 2.24) is 5.32 Å². The van der Waals surface area contributed by atoms with Crippen molar-refractivity contribution in [3.05, 3.63) is 89.2 Å². The number of rotatable bonds is 11. The summed E-state index contributed by atoms with van der Waals surface area (Å²) in [5.41, 5.74) is 9.63. The summed E-state index contributed by atoms with van der Waals surface area (Å²) in [5.74, 6) is -0.956. The van der Waals surface area contributed by atoms with E-state index >= 15 is 0 Å². The van der Waals surface area contributed by atoms with Crippen molar-refractivity contribution in [2.45, 2.75) is 38.5 Å². The minimum atomic E-state index is -0.418. The molecule has 8 heteroatoms. The molecule has 0 saturated carbocycles. The van der Waals surface area contributed by atoms with Crippen molar-refractivity contribution < 1.29 is 18.8 Å². The molecule has 0 spiro atoms. The average Bonchev–Trinajstić information content (AvgIpc) is 3.21. The van der Waals surface area contributed by atoms with Gasteiger partial charge in [0.05, 0.1) is 11.4 Å². The lowest BCUT2D eigenvalue weighted by Crippen LogP contribution is -2.24. The van der Waals surface area contributed by atoms with Crippen LogP contribution in [-0.2, 0) is 9.59 Å². The van der Waals surface area contributed by atoms with E-state index in [1.54, 1.807) is 42.5 Å². The van der Waals surface area contributed by atoms with E-state index in [-0.39, 0.29) is 17.7 Å². The Hall–Kier alpha value is -4.46. The standard InChI is InChI=1S/C30H31FN4O3/c31-22-14-15-26-23(19-22)24(30(38)35-26)18-20-9-8-10-21(17-20)29(37)33-16-7-3-1-2-4-13-28(36)34-27-12-6-5-11-25(27)32/h5-6,8-12,14-15,17-19H,1-4,7,13,16,32H2,(H,33,37)(H,34,36)(H,35,38). The number of nitrogens with two attached hydrogens (primary N) is 1. The topological polar surface area (TPSA) is 113 Å². The lowest BCUT2D eigenvalue weighted by molar-refractivity contribution is -0.116. The number of carbonyl (C=O) groups excluding carboxylic acids is 3. The summed E-state index contributed by atoms with van der Waals surface area (Å²) in [6, 6.07) is 18.3. The molecule has 1 aliphatic heterocycles. The third kappa shape index (κ3) is 7.06. The van der Waals surface area contributed by atoms with Crippen LogP contribution in [0.25, 0.3) is 11.6 Å². The molecule has 3 aromatic rings. The minimum Gasteiger partial charge on any atom is -0.397 e. The second-order valence-corrected chi connectivity index (χ2v) is 9.24. The summed E-state index contributed by atoms with van der Waals surface area (Å²) in [4.78, 5) is 37.0. The third-order valence-corrected chi connectivity index (χ3v) is 6.33. The first-order valence-corrected chi connectivity index (χ1v) is 12.8. The minimum absolute atomic E-state index is 0.0435. The van der Waals surface area contributed by atoms with Gasteiger partial charge in [0.15, 0.2) is 0 Å². The van der Waals surface area contributed by atoms with Gasteiger partial charge in [-0.1, -0.05) is 43.5 Å². The molecule has 7 nitrogen and oxygen atoms in total. The van der Waals surface area contributed by atoms with Crippen LogP contribution in [0.4, 0.5) is 21.5 Å². The van der Waals surface area contributed by atoms with Crippen molar-refractivity contribution in [3.63, 3.8) is 0 Å². The van der Waals surface area contributed by atoms with E-state index in [2.05, 4.69) is 16.0 Å². The van der Waals surface area contributed by atoms with Crippen LogP contribution in [0.1, 0.15) is 60.0 Å². The number of nitrogen functional groups attached to an aromatic ring is 1. The predicted molar refractivity (Wildman–Crippen MR) is 149 cm³/mol. The van der Waals surface area contributed by atoms with E-state index in [0.29, 0.717) is 52.3 Å². The van der Waals surface area contributed by atoms with Gasteiger partial charge in [0.2, 0.25) is 5.91 Å². The SMILES string of the molecule is Nc1ccccc1NC(=O)CCCCCCCNC(=O)c1cccc(C=C2C(=O)Nc3ccc(F)cc32)c1. The molecule has 1 aliphatic rings. The van der Waals surface area contributed by atoms with E-state index in [0.717, 1.165) is 32.1 Å². The molecule has 0 radical (unpaired) electrons. The molecule has 0 bridgehead atoms. The van der Waals surface area contributed by atoms with Gasteiger partial charge in [-0.2, -0.15) is 0 Å². The van der Waals surface area contributed by atoms with Crippen LogP contribution in [0.15, 0.2) is 66.7 Å². The van der Waals surface area contributed by atoms with Gasteiger partial charge in [0.1, 0.15) is 5.82 Å². The summed E-state index contributed by atoms with van der Waals surface area (Å²) in [6.07, 6.45) is 6.59. The molecule has 0 aromatic heterocycles. The molecule has 3 amide bonds. The van der Waals surface area contributed by atoms with Crippen LogP contribution in [0.3, 0.4) is 0 Å². The first-order chi connectivity index (χ1) is 18.4. The Morgan fingerprint density at radius 1 is 0.921 bits per heavy atom. The number of para-hydroxylation sites is 2. The van der Waals surface area contributed by atoms with Crippen LogP contribution < -0.4 is 21.7 Å². The van der Waals surface area contributed by atoms with Gasteiger partial charge in [-0.05, 0) is 66.9 Å². The second-order valence-electron chi connectivity index (χ2n) is 9.24. The average molecular weight is 515 g/mol. The highest BCUT2D eigenvalue weighted by molar-refractivity contribution is 6.34. The van der Waals surface area contributed by atoms with Crippen molar-refractivity contribution in [2.24, 2.45) is 0 Å². The van der Waals surface area contributed by atoms with Crippen molar-refractivity contribution in [2.75, 3.05) is 22.9 Å². The number of amides is 3. The fourth-order valence-corrected chi connectivity index (χ4v) is 4.31. The molecule has 1 heterocycles. The summed E-state index contributed by atoms with van der Waals surface area (Å²) in [7, 11) is 0. The fourth-order valence-electron chi connectivity index (χ4n) is 4.31. The number of unbranched alkanes of at least 4 members (excludes halogenated alkanes) is 4. The number of nitrogens with one attached hydrogen (secondary N) is 3. The van der Waals surface area contributed by atoms with Gasteiger partial charge in [0.25, 0.3) is 11.8 Å². The van der Waals surface area contributed by atoms with Gasteiger partial charge in [0, 0.05) is 35.4 Å². The van der Waals surface area contributed by atoms with Crippen LogP contribution in [-0.4, -0.2) is 24.3 Å². The van der Waals surface area contributed by atoms with Gasteiger partial charge < -0.3 is 21.7 Å². The van der Waals surface area contributed by atoms with Crippen molar-refractivity contribution in [3.8, 4) is 0 Å². The normalized spacial score (nSPS) is 13.2. The van der Waals surface area contributed by atoms with E-state index in [1.165, 1.54) is 18.2 Å². The molecule has 5 N–H and O–H groups in total. The number of fused-ring (bicyclic) bond motifs is 1. The summed E-state index contributed by atoms with van der Waals surface area (Å²) in [6.45, 7) is 0.549. The van der Waals surface area contributed by atoms with E-state index < -0.39 is 5.82 Å². The Balaban J connectivity index is 1.17. The highest BCUT2D eigenvalue weighted by atomic mass is 19.1. The Labute approximate surface area is 221 Å². The molecule has 0 saturated heterocycles. The zero-order chi connectivity index (χ0) is 26.9. The molecular formula is C30H31FN4O3. The number of carbonyl (C=O) groups is 3. The van der Waals surface area contributed by atoms with Gasteiger partial charge in [-0.3, -0.25) is 14.4 Å². The Kier molecular flexibility index (Phi) is 8.87. The molecule has 38 heavy (non-hydrogen) atoms. The summed E-state index contributed by atoms with van der Waals surface area (Å²) in [5, 5.41) is 8.49. The maximum Gasteiger partial charge on any atom is 0.256 e. The molecular weight excluding hydrogens is 483 g/mol. The molecule has 196 valence electrons. The van der Waals surface area contributed by atoms with Gasteiger partial charge in [-0.15, -0.1) is 0 Å². The number of hydrogen-bond donors (Lipinski definition) is 4. The van der Waals surface area contributed by atoms with Crippen LogP contribution in [0.2, 0.25) is 0 Å². The maximum absolute atomic E-state index is 13.7. The molecule has 0 aliphatic carbocycles. The largest absolute Gasteiger partial charge is 0.397 e. The molecule has 0 fully saturated rings. The molecule has 3 aromatic carbocycles. The highest BCUT2D eigenvalue weighted by Crippen LogP contribution is 2.33. The summed E-state index contributed by atoms with van der Waals surface area (Å²) >= 11 is 0. The molecule has 4 rings (SSSR count). The maximum atomic E-state index is 13.7. The Morgan fingerprint density at radius 2 is 1.71 bits per heavy atom. The fraction of sp³-hybridized carbons (Fsp3) is 0.233. The monoisotopic (exact) mass is 514 g/mol.